The molecule has 1 amide bonds. The number of aromatic nitrogens is 5. The fourth-order valence-corrected chi connectivity index (χ4v) is 4.27. The van der Waals surface area contributed by atoms with E-state index < -0.39 is 0 Å². The summed E-state index contributed by atoms with van der Waals surface area (Å²) in [6.45, 7) is 6.59. The molecule has 0 unspecified atom stereocenters. The molecular weight excluding hydrogens is 372 g/mol. The van der Waals surface area contributed by atoms with E-state index in [1.807, 2.05) is 48.2 Å². The predicted molar refractivity (Wildman–Crippen MR) is 103 cm³/mol. The Labute approximate surface area is 163 Å². The summed E-state index contributed by atoms with van der Waals surface area (Å²) in [5, 5.41) is 14.6. The highest BCUT2D eigenvalue weighted by molar-refractivity contribution is 7.98. The molecule has 9 heteroatoms. The number of likely N-dealkylation sites (tertiary alicyclic amines) is 1. The summed E-state index contributed by atoms with van der Waals surface area (Å²) in [4.78, 5) is 14.9. The van der Waals surface area contributed by atoms with Gasteiger partial charge in [-0.2, -0.15) is 5.10 Å². The lowest BCUT2D eigenvalue weighted by Gasteiger charge is -2.25. The molecule has 2 aromatic rings. The van der Waals surface area contributed by atoms with Crippen molar-refractivity contribution in [1.29, 1.82) is 0 Å². The second kappa shape index (κ2) is 7.60. The first-order valence-electron chi connectivity index (χ1n) is 8.79. The molecule has 0 bridgehead atoms. The average molecular weight is 397 g/mol. The summed E-state index contributed by atoms with van der Waals surface area (Å²) >= 11 is 7.80. The van der Waals surface area contributed by atoms with Crippen molar-refractivity contribution in [2.45, 2.75) is 57.3 Å². The van der Waals surface area contributed by atoms with E-state index in [1.165, 1.54) is 0 Å². The van der Waals surface area contributed by atoms with Crippen molar-refractivity contribution in [3.8, 4) is 0 Å². The molecule has 1 aliphatic rings. The lowest BCUT2D eigenvalue weighted by Crippen LogP contribution is -2.33. The zero-order valence-corrected chi connectivity index (χ0v) is 17.4. The number of hydrogen-bond acceptors (Lipinski definition) is 5. The zero-order chi connectivity index (χ0) is 19.0. The predicted octanol–water partition coefficient (Wildman–Crippen LogP) is 3.32. The normalized spacial score (nSPS) is 18.5. The van der Waals surface area contributed by atoms with Gasteiger partial charge in [-0.15, -0.1) is 10.2 Å². The number of nitrogens with zero attached hydrogens (tertiary/aromatic N) is 6. The molecular formula is C17H25ClN6OS. The summed E-state index contributed by atoms with van der Waals surface area (Å²) in [6, 6.07) is -0.0478. The molecule has 26 heavy (non-hydrogen) atoms. The Kier molecular flexibility index (Phi) is 5.62. The van der Waals surface area contributed by atoms with Crippen molar-refractivity contribution in [3.63, 3.8) is 0 Å². The molecule has 2 atom stereocenters. The third-order valence-electron chi connectivity index (χ3n) is 5.05. The topological polar surface area (TPSA) is 68.8 Å². The maximum atomic E-state index is 13.0. The molecule has 3 rings (SSSR count). The standard InChI is InChI=1S/C17H25ClN6OS/c1-10(24-12(3)15(18)11(2)21-24)9-14(25)23-8-6-7-13(23)16-19-20-17(26-5)22(16)4/h10,13H,6-9H2,1-5H3/t10-,13-/m1/s1. The molecule has 7 nitrogen and oxygen atoms in total. The van der Waals surface area contributed by atoms with Gasteiger partial charge in [0.05, 0.1) is 28.5 Å². The first-order chi connectivity index (χ1) is 12.3. The first kappa shape index (κ1) is 19.2. The Morgan fingerprint density at radius 2 is 2.12 bits per heavy atom. The van der Waals surface area contributed by atoms with Crippen LogP contribution in [0.5, 0.6) is 0 Å². The minimum atomic E-state index is -0.0452. The highest BCUT2D eigenvalue weighted by Crippen LogP contribution is 2.33. The Hall–Kier alpha value is -1.54. The minimum absolute atomic E-state index is 0.00265. The second-order valence-electron chi connectivity index (χ2n) is 6.83. The van der Waals surface area contributed by atoms with Crippen molar-refractivity contribution >= 4 is 29.3 Å². The third-order valence-corrected chi connectivity index (χ3v) is 6.31. The maximum Gasteiger partial charge on any atom is 0.225 e. The van der Waals surface area contributed by atoms with Crippen molar-refractivity contribution in [2.24, 2.45) is 7.05 Å². The van der Waals surface area contributed by atoms with Gasteiger partial charge in [-0.3, -0.25) is 9.48 Å². The second-order valence-corrected chi connectivity index (χ2v) is 7.98. The van der Waals surface area contributed by atoms with E-state index in [1.54, 1.807) is 11.8 Å². The van der Waals surface area contributed by atoms with Crippen molar-refractivity contribution in [1.82, 2.24) is 29.4 Å². The molecule has 1 saturated heterocycles. The summed E-state index contributed by atoms with van der Waals surface area (Å²) in [7, 11) is 1.96. The smallest absolute Gasteiger partial charge is 0.225 e. The molecule has 0 saturated carbocycles. The highest BCUT2D eigenvalue weighted by Gasteiger charge is 2.34. The number of carbonyl (C=O) groups is 1. The van der Waals surface area contributed by atoms with Crippen LogP contribution in [0.15, 0.2) is 5.16 Å². The lowest BCUT2D eigenvalue weighted by molar-refractivity contribution is -0.133. The quantitative estimate of drug-likeness (QED) is 0.725. The van der Waals surface area contributed by atoms with E-state index in [0.29, 0.717) is 11.4 Å². The Morgan fingerprint density at radius 1 is 1.38 bits per heavy atom. The summed E-state index contributed by atoms with van der Waals surface area (Å²) in [6.07, 6.45) is 4.28. The molecule has 0 radical (unpaired) electrons. The highest BCUT2D eigenvalue weighted by atomic mass is 35.5. The van der Waals surface area contributed by atoms with Crippen molar-refractivity contribution in [2.75, 3.05) is 12.8 Å². The van der Waals surface area contributed by atoms with Gasteiger partial charge in [-0.1, -0.05) is 23.4 Å². The zero-order valence-electron chi connectivity index (χ0n) is 15.9. The van der Waals surface area contributed by atoms with Gasteiger partial charge in [0.2, 0.25) is 5.91 Å². The third kappa shape index (κ3) is 3.36. The lowest BCUT2D eigenvalue weighted by atomic mass is 10.1. The fourth-order valence-electron chi connectivity index (χ4n) is 3.66. The molecule has 0 spiro atoms. The molecule has 142 valence electrons. The Morgan fingerprint density at radius 3 is 2.69 bits per heavy atom. The van der Waals surface area contributed by atoms with Crippen LogP contribution in [0.4, 0.5) is 0 Å². The Balaban J connectivity index is 1.76. The number of halogens is 1. The van der Waals surface area contributed by atoms with Crippen LogP contribution in [0.25, 0.3) is 0 Å². The Bertz CT molecular complexity index is 817. The van der Waals surface area contributed by atoms with Crippen LogP contribution in [0, 0.1) is 13.8 Å². The summed E-state index contributed by atoms with van der Waals surface area (Å²) in [5.41, 5.74) is 1.70. The average Bonchev–Trinajstić information content (AvgIpc) is 3.29. The summed E-state index contributed by atoms with van der Waals surface area (Å²) in [5.74, 6) is 0.986. The first-order valence-corrected chi connectivity index (χ1v) is 10.4. The van der Waals surface area contributed by atoms with Crippen LogP contribution >= 0.6 is 23.4 Å². The molecule has 0 aliphatic carbocycles. The van der Waals surface area contributed by atoms with E-state index >= 15 is 0 Å². The molecule has 0 aromatic carbocycles. The van der Waals surface area contributed by atoms with Gasteiger partial charge in [-0.25, -0.2) is 0 Å². The van der Waals surface area contributed by atoms with Crippen LogP contribution in [0.3, 0.4) is 0 Å². The number of aryl methyl sites for hydroxylation is 1. The summed E-state index contributed by atoms with van der Waals surface area (Å²) < 4.78 is 3.85. The van der Waals surface area contributed by atoms with Gasteiger partial charge in [0, 0.05) is 20.0 Å². The number of carbonyl (C=O) groups excluding carboxylic acids is 1. The van der Waals surface area contributed by atoms with E-state index in [4.69, 9.17) is 11.6 Å². The number of rotatable bonds is 5. The van der Waals surface area contributed by atoms with Crippen molar-refractivity contribution in [3.05, 3.63) is 22.2 Å². The molecule has 3 heterocycles. The van der Waals surface area contributed by atoms with Crippen LogP contribution in [0.2, 0.25) is 5.02 Å². The van der Waals surface area contributed by atoms with E-state index in [-0.39, 0.29) is 18.0 Å². The molecule has 2 aromatic heterocycles. The van der Waals surface area contributed by atoms with Gasteiger partial charge in [0.1, 0.15) is 0 Å². The van der Waals surface area contributed by atoms with E-state index in [9.17, 15) is 4.79 Å². The van der Waals surface area contributed by atoms with Crippen molar-refractivity contribution < 1.29 is 4.79 Å². The van der Waals surface area contributed by atoms with Crippen LogP contribution in [-0.4, -0.2) is 48.2 Å². The van der Waals surface area contributed by atoms with Gasteiger partial charge in [0.25, 0.3) is 0 Å². The van der Waals surface area contributed by atoms with E-state index in [0.717, 1.165) is 41.8 Å². The number of amides is 1. The molecule has 0 N–H and O–H groups in total. The number of hydrogen-bond donors (Lipinski definition) is 0. The monoisotopic (exact) mass is 396 g/mol. The van der Waals surface area contributed by atoms with E-state index in [2.05, 4.69) is 15.3 Å². The largest absolute Gasteiger partial charge is 0.332 e. The molecule has 1 aliphatic heterocycles. The van der Waals surface area contributed by atoms with Gasteiger partial charge < -0.3 is 9.47 Å². The van der Waals surface area contributed by atoms with Gasteiger partial charge in [0.15, 0.2) is 11.0 Å². The molecule has 1 fully saturated rings. The van der Waals surface area contributed by atoms with Gasteiger partial charge >= 0.3 is 0 Å². The van der Waals surface area contributed by atoms with Crippen LogP contribution in [-0.2, 0) is 11.8 Å². The number of thioether (sulfide) groups is 1. The maximum absolute atomic E-state index is 13.0. The minimum Gasteiger partial charge on any atom is -0.332 e. The van der Waals surface area contributed by atoms with Gasteiger partial charge in [-0.05, 0) is 39.9 Å². The van der Waals surface area contributed by atoms with Crippen LogP contribution in [0.1, 0.15) is 55.5 Å². The van der Waals surface area contributed by atoms with Crippen LogP contribution < -0.4 is 0 Å². The SMILES string of the molecule is CSc1nnc([C@H]2CCCN2C(=O)C[C@@H](C)n2nc(C)c(Cl)c2C)n1C. The fraction of sp³-hybridized carbons (Fsp3) is 0.647.